The van der Waals surface area contributed by atoms with Gasteiger partial charge in [0.25, 0.3) is 0 Å². The summed E-state index contributed by atoms with van der Waals surface area (Å²) in [5, 5.41) is 12.6. The fraction of sp³-hybridized carbons (Fsp3) is 0.400. The van der Waals surface area contributed by atoms with Gasteiger partial charge in [-0.05, 0) is 30.7 Å². The molecule has 0 radical (unpaired) electrons. The number of methoxy groups -OCH3 is 1. The second-order valence-electron chi connectivity index (χ2n) is 4.84. The van der Waals surface area contributed by atoms with Crippen LogP contribution in [0, 0.1) is 5.82 Å². The molecule has 1 aromatic rings. The molecule has 0 aliphatic heterocycles. The van der Waals surface area contributed by atoms with Crippen LogP contribution in [0.1, 0.15) is 18.9 Å². The van der Waals surface area contributed by atoms with Crippen molar-refractivity contribution in [1.29, 1.82) is 0 Å². The molecule has 0 spiro atoms. The first-order valence-electron chi connectivity index (χ1n) is 6.36. The molecule has 0 heterocycles. The zero-order valence-electron chi connectivity index (χ0n) is 11.7. The van der Waals surface area contributed by atoms with Gasteiger partial charge in [-0.2, -0.15) is 0 Å². The molecule has 1 amide bonds. The third kappa shape index (κ3) is 6.45. The van der Waals surface area contributed by atoms with Gasteiger partial charge in [-0.3, -0.25) is 4.79 Å². The molecule has 20 heavy (non-hydrogen) atoms. The normalized spacial score (nSPS) is 14.2. The molecule has 1 aromatic carbocycles. The Morgan fingerprint density at radius 1 is 1.45 bits per heavy atom. The summed E-state index contributed by atoms with van der Waals surface area (Å²) in [6, 6.07) is 5.81. The van der Waals surface area contributed by atoms with Crippen molar-refractivity contribution in [3.8, 4) is 0 Å². The van der Waals surface area contributed by atoms with Gasteiger partial charge < -0.3 is 15.2 Å². The van der Waals surface area contributed by atoms with Crippen LogP contribution >= 0.6 is 0 Å². The summed E-state index contributed by atoms with van der Waals surface area (Å²) in [5.74, 6) is -0.632. The minimum Gasteiger partial charge on any atom is -0.388 e. The summed E-state index contributed by atoms with van der Waals surface area (Å²) in [5.41, 5.74) is -0.275. The van der Waals surface area contributed by atoms with Crippen molar-refractivity contribution >= 4 is 12.0 Å². The summed E-state index contributed by atoms with van der Waals surface area (Å²) in [6.07, 6.45) is 3.36. The largest absolute Gasteiger partial charge is 0.388 e. The number of carbonyl (C=O) groups is 1. The monoisotopic (exact) mass is 281 g/mol. The van der Waals surface area contributed by atoms with Crippen molar-refractivity contribution in [3.63, 3.8) is 0 Å². The standard InChI is InChI=1S/C15H20FNO3/c1-15(19,9-10-20-2)11-17-14(18)8-5-12-3-6-13(16)7-4-12/h3-8,19H,9-11H2,1-2H3,(H,17,18)/b8-5+. The molecule has 1 atom stereocenters. The SMILES string of the molecule is COCCC(C)(O)CNC(=O)/C=C/c1ccc(F)cc1. The molecule has 1 unspecified atom stereocenters. The van der Waals surface area contributed by atoms with Crippen LogP contribution in [0.5, 0.6) is 0 Å². The fourth-order valence-electron chi connectivity index (χ4n) is 1.49. The van der Waals surface area contributed by atoms with Gasteiger partial charge in [0.15, 0.2) is 0 Å². The van der Waals surface area contributed by atoms with E-state index in [4.69, 9.17) is 4.74 Å². The minimum atomic E-state index is -1.00. The highest BCUT2D eigenvalue weighted by atomic mass is 19.1. The highest BCUT2D eigenvalue weighted by Crippen LogP contribution is 2.08. The van der Waals surface area contributed by atoms with Gasteiger partial charge in [0.05, 0.1) is 5.60 Å². The molecule has 0 saturated heterocycles. The molecule has 0 aromatic heterocycles. The van der Waals surface area contributed by atoms with Crippen molar-refractivity contribution < 1.29 is 19.0 Å². The first-order chi connectivity index (χ1) is 9.43. The Bertz CT molecular complexity index is 455. The number of hydrogen-bond donors (Lipinski definition) is 2. The maximum atomic E-state index is 12.7. The zero-order chi connectivity index (χ0) is 15.0. The molecule has 1 rings (SSSR count). The summed E-state index contributed by atoms with van der Waals surface area (Å²) in [4.78, 5) is 11.6. The molecule has 2 N–H and O–H groups in total. The van der Waals surface area contributed by atoms with Crippen LogP contribution in [-0.2, 0) is 9.53 Å². The van der Waals surface area contributed by atoms with E-state index in [0.29, 0.717) is 13.0 Å². The van der Waals surface area contributed by atoms with Crippen LogP contribution in [0.4, 0.5) is 4.39 Å². The lowest BCUT2D eigenvalue weighted by Crippen LogP contribution is -2.40. The van der Waals surface area contributed by atoms with E-state index in [1.807, 2.05) is 0 Å². The van der Waals surface area contributed by atoms with E-state index in [9.17, 15) is 14.3 Å². The lowest BCUT2D eigenvalue weighted by Gasteiger charge is -2.22. The Hall–Kier alpha value is -1.72. The van der Waals surface area contributed by atoms with Crippen molar-refractivity contribution in [2.45, 2.75) is 18.9 Å². The molecule has 0 aliphatic carbocycles. The predicted octanol–water partition coefficient (Wildman–Crippen LogP) is 1.74. The van der Waals surface area contributed by atoms with Crippen LogP contribution in [-0.4, -0.2) is 36.9 Å². The molecule has 0 bridgehead atoms. The van der Waals surface area contributed by atoms with E-state index in [1.165, 1.54) is 18.2 Å². The summed E-state index contributed by atoms with van der Waals surface area (Å²) in [6.45, 7) is 2.20. The number of ether oxygens (including phenoxy) is 1. The lowest BCUT2D eigenvalue weighted by atomic mass is 10.0. The quantitative estimate of drug-likeness (QED) is 0.749. The number of amides is 1. The van der Waals surface area contributed by atoms with Gasteiger partial charge in [-0.25, -0.2) is 4.39 Å². The molecule has 0 aliphatic rings. The second-order valence-corrected chi connectivity index (χ2v) is 4.84. The average Bonchev–Trinajstić information content (AvgIpc) is 2.42. The molecule has 0 saturated carbocycles. The first kappa shape index (κ1) is 16.3. The van der Waals surface area contributed by atoms with E-state index in [0.717, 1.165) is 5.56 Å². The van der Waals surface area contributed by atoms with Crippen LogP contribution in [0.15, 0.2) is 30.3 Å². The van der Waals surface area contributed by atoms with Gasteiger partial charge in [-0.15, -0.1) is 0 Å². The predicted molar refractivity (Wildman–Crippen MR) is 75.6 cm³/mol. The summed E-state index contributed by atoms with van der Waals surface area (Å²) >= 11 is 0. The molecular weight excluding hydrogens is 261 g/mol. The molecular formula is C15H20FNO3. The molecule has 5 heteroatoms. The van der Waals surface area contributed by atoms with Gasteiger partial charge in [-0.1, -0.05) is 12.1 Å². The van der Waals surface area contributed by atoms with Gasteiger partial charge >= 0.3 is 0 Å². The van der Waals surface area contributed by atoms with Crippen LogP contribution in [0.2, 0.25) is 0 Å². The summed E-state index contributed by atoms with van der Waals surface area (Å²) < 4.78 is 17.6. The van der Waals surface area contributed by atoms with Gasteiger partial charge in [0, 0.05) is 32.8 Å². The number of halogens is 1. The molecule has 0 fully saturated rings. The molecule has 4 nitrogen and oxygen atoms in total. The number of nitrogens with one attached hydrogen (secondary N) is 1. The number of rotatable bonds is 7. The average molecular weight is 281 g/mol. The third-order valence-electron chi connectivity index (χ3n) is 2.79. The highest BCUT2D eigenvalue weighted by Gasteiger charge is 2.20. The van der Waals surface area contributed by atoms with E-state index < -0.39 is 5.60 Å². The number of aliphatic hydroxyl groups is 1. The number of hydrogen-bond acceptors (Lipinski definition) is 3. The Morgan fingerprint density at radius 2 is 2.10 bits per heavy atom. The second kappa shape index (κ2) is 7.77. The Kier molecular flexibility index (Phi) is 6.35. The topological polar surface area (TPSA) is 58.6 Å². The lowest BCUT2D eigenvalue weighted by molar-refractivity contribution is -0.117. The Labute approximate surface area is 118 Å². The zero-order valence-corrected chi connectivity index (χ0v) is 11.7. The number of carbonyl (C=O) groups excluding carboxylic acids is 1. The van der Waals surface area contributed by atoms with E-state index in [1.54, 1.807) is 32.2 Å². The third-order valence-corrected chi connectivity index (χ3v) is 2.79. The molecule has 110 valence electrons. The van der Waals surface area contributed by atoms with Crippen molar-refractivity contribution in [1.82, 2.24) is 5.32 Å². The Morgan fingerprint density at radius 3 is 2.70 bits per heavy atom. The van der Waals surface area contributed by atoms with Crippen molar-refractivity contribution in [3.05, 3.63) is 41.7 Å². The van der Waals surface area contributed by atoms with Crippen LogP contribution < -0.4 is 5.32 Å². The minimum absolute atomic E-state index is 0.142. The smallest absolute Gasteiger partial charge is 0.244 e. The first-order valence-corrected chi connectivity index (χ1v) is 6.36. The maximum Gasteiger partial charge on any atom is 0.244 e. The van der Waals surface area contributed by atoms with Gasteiger partial charge in [0.1, 0.15) is 5.82 Å². The van der Waals surface area contributed by atoms with Gasteiger partial charge in [0.2, 0.25) is 5.91 Å². The Balaban J connectivity index is 2.41. The van der Waals surface area contributed by atoms with Crippen molar-refractivity contribution in [2.24, 2.45) is 0 Å². The van der Waals surface area contributed by atoms with Crippen LogP contribution in [0.3, 0.4) is 0 Å². The van der Waals surface area contributed by atoms with Crippen molar-refractivity contribution in [2.75, 3.05) is 20.3 Å². The number of benzene rings is 1. The highest BCUT2D eigenvalue weighted by molar-refractivity contribution is 5.91. The summed E-state index contributed by atoms with van der Waals surface area (Å²) in [7, 11) is 1.56. The van der Waals surface area contributed by atoms with E-state index in [2.05, 4.69) is 5.32 Å². The van der Waals surface area contributed by atoms with E-state index in [-0.39, 0.29) is 18.3 Å². The fourth-order valence-corrected chi connectivity index (χ4v) is 1.49. The maximum absolute atomic E-state index is 12.7. The van der Waals surface area contributed by atoms with Crippen LogP contribution in [0.25, 0.3) is 6.08 Å². The van der Waals surface area contributed by atoms with E-state index >= 15 is 0 Å².